The summed E-state index contributed by atoms with van der Waals surface area (Å²) in [6, 6.07) is 22.4. The summed E-state index contributed by atoms with van der Waals surface area (Å²) >= 11 is 5.63. The Morgan fingerprint density at radius 1 is 0.923 bits per heavy atom. The number of halogens is 1. The number of benzene rings is 3. The molecule has 196 valence electrons. The van der Waals surface area contributed by atoms with E-state index in [-0.39, 0.29) is 29.0 Å². The third-order valence-corrected chi connectivity index (χ3v) is 9.88. The summed E-state index contributed by atoms with van der Waals surface area (Å²) in [6.07, 6.45) is 0. The number of nitrogens with one attached hydrogen (secondary N) is 1. The van der Waals surface area contributed by atoms with Crippen molar-refractivity contribution in [1.82, 2.24) is 4.57 Å². The second kappa shape index (κ2) is 10.1. The van der Waals surface area contributed by atoms with Gasteiger partial charge in [-0.05, 0) is 54.1 Å². The number of hydrogen-bond acceptors (Lipinski definition) is 7. The first-order valence-electron chi connectivity index (χ1n) is 12.0. The fraction of sp³-hybridized carbons (Fsp3) is 0.143. The van der Waals surface area contributed by atoms with Crippen LogP contribution in [0, 0.1) is 5.92 Å². The molecule has 2 unspecified atom stereocenters. The van der Waals surface area contributed by atoms with Crippen LogP contribution in [-0.2, 0) is 20.9 Å². The Bertz CT molecular complexity index is 1650. The van der Waals surface area contributed by atoms with Crippen LogP contribution in [0.5, 0.6) is 5.75 Å². The van der Waals surface area contributed by atoms with E-state index in [1.807, 2.05) is 30.3 Å². The minimum Gasteiger partial charge on any atom is -0.508 e. The lowest BCUT2D eigenvalue weighted by atomic mass is 9.83. The van der Waals surface area contributed by atoms with Gasteiger partial charge in [0.15, 0.2) is 0 Å². The van der Waals surface area contributed by atoms with Gasteiger partial charge in [-0.25, -0.2) is 4.90 Å². The molecule has 0 bridgehead atoms. The lowest BCUT2D eigenvalue weighted by molar-refractivity contribution is -0.122. The number of carbonyl (C=O) groups excluding carboxylic acids is 3. The molecule has 1 aromatic heterocycles. The van der Waals surface area contributed by atoms with Crippen molar-refractivity contribution in [1.29, 1.82) is 0 Å². The molecule has 3 aromatic carbocycles. The summed E-state index contributed by atoms with van der Waals surface area (Å²) < 4.78 is 2.25. The van der Waals surface area contributed by atoms with Gasteiger partial charge in [-0.1, -0.05) is 69.4 Å². The average Bonchev–Trinajstić information content (AvgIpc) is 3.37. The largest absolute Gasteiger partial charge is 0.508 e. The third-order valence-electron chi connectivity index (χ3n) is 6.75. The minimum absolute atomic E-state index is 0.0707. The summed E-state index contributed by atoms with van der Waals surface area (Å²) in [5.41, 5.74) is 1.80. The molecule has 39 heavy (non-hydrogen) atoms. The topological polar surface area (TPSA) is 109 Å². The van der Waals surface area contributed by atoms with Crippen LogP contribution in [0.4, 0.5) is 11.4 Å². The van der Waals surface area contributed by atoms with Gasteiger partial charge in [-0.2, -0.15) is 0 Å². The maximum atomic E-state index is 13.8. The van der Waals surface area contributed by atoms with E-state index in [4.69, 9.17) is 0 Å². The summed E-state index contributed by atoms with van der Waals surface area (Å²) in [5, 5.41) is 12.0. The molecule has 2 N–H and O–H groups in total. The van der Waals surface area contributed by atoms with E-state index in [9.17, 15) is 24.3 Å². The van der Waals surface area contributed by atoms with Crippen molar-refractivity contribution in [3.05, 3.63) is 103 Å². The molecular weight excluding hydrogens is 602 g/mol. The average molecular weight is 623 g/mol. The quantitative estimate of drug-likeness (QED) is 0.244. The molecule has 0 spiro atoms. The minimum atomic E-state index is -0.751. The summed E-state index contributed by atoms with van der Waals surface area (Å²) in [7, 11) is 0. The van der Waals surface area contributed by atoms with Gasteiger partial charge in [0.25, 0.3) is 0 Å². The van der Waals surface area contributed by atoms with E-state index in [0.717, 1.165) is 21.4 Å². The smallest absolute Gasteiger partial charge is 0.308 e. The van der Waals surface area contributed by atoms with E-state index in [0.29, 0.717) is 21.3 Å². The zero-order chi connectivity index (χ0) is 27.3. The SMILES string of the molecule is O=C(Cn1c2c(sc1=O)[C@H](c1ccc(Br)cc1)C1C(=O)N(c3ccccc3)C(=O)C1S2)Nc1ccc(O)cc1. The van der Waals surface area contributed by atoms with Gasteiger partial charge < -0.3 is 10.4 Å². The van der Waals surface area contributed by atoms with Crippen LogP contribution in [0.2, 0.25) is 0 Å². The number of aromatic hydroxyl groups is 1. The van der Waals surface area contributed by atoms with Crippen LogP contribution in [0.3, 0.4) is 0 Å². The van der Waals surface area contributed by atoms with Crippen molar-refractivity contribution in [2.24, 2.45) is 5.92 Å². The number of fused-ring (bicyclic) bond motifs is 2. The zero-order valence-electron chi connectivity index (χ0n) is 20.1. The molecule has 3 heterocycles. The van der Waals surface area contributed by atoms with Crippen LogP contribution >= 0.6 is 39.0 Å². The van der Waals surface area contributed by atoms with Crippen LogP contribution in [0.15, 0.2) is 93.2 Å². The lowest BCUT2D eigenvalue weighted by Gasteiger charge is -2.30. The molecule has 0 saturated carbocycles. The van der Waals surface area contributed by atoms with Crippen molar-refractivity contribution < 1.29 is 19.5 Å². The monoisotopic (exact) mass is 621 g/mol. The van der Waals surface area contributed by atoms with Crippen molar-refractivity contribution in [2.45, 2.75) is 22.7 Å². The molecule has 0 radical (unpaired) electrons. The van der Waals surface area contributed by atoms with Crippen molar-refractivity contribution in [3.63, 3.8) is 0 Å². The number of rotatable bonds is 5. The molecule has 6 rings (SSSR count). The molecule has 0 aliphatic carbocycles. The van der Waals surface area contributed by atoms with Crippen LogP contribution in [-0.4, -0.2) is 32.6 Å². The first-order valence-corrected chi connectivity index (χ1v) is 14.5. The van der Waals surface area contributed by atoms with Gasteiger partial charge >= 0.3 is 4.87 Å². The summed E-state index contributed by atoms with van der Waals surface area (Å²) in [6.45, 7) is -0.256. The molecule has 2 aliphatic heterocycles. The molecule has 4 aromatic rings. The Morgan fingerprint density at radius 3 is 2.31 bits per heavy atom. The van der Waals surface area contributed by atoms with Gasteiger partial charge in [0, 0.05) is 21.0 Å². The number of hydrogen-bond donors (Lipinski definition) is 2. The lowest BCUT2D eigenvalue weighted by Crippen LogP contribution is -2.33. The first-order chi connectivity index (χ1) is 18.8. The van der Waals surface area contributed by atoms with Crippen molar-refractivity contribution in [2.75, 3.05) is 10.2 Å². The fourth-order valence-corrected chi connectivity index (χ4v) is 8.04. The number of imide groups is 1. The number of thiazole rings is 1. The Labute approximate surface area is 239 Å². The Morgan fingerprint density at radius 2 is 1.62 bits per heavy atom. The maximum absolute atomic E-state index is 13.8. The van der Waals surface area contributed by atoms with Crippen LogP contribution in [0.1, 0.15) is 16.4 Å². The number of thioether (sulfide) groups is 1. The molecular formula is C28H20BrN3O5S2. The van der Waals surface area contributed by atoms with Gasteiger partial charge in [-0.3, -0.25) is 23.7 Å². The van der Waals surface area contributed by atoms with E-state index >= 15 is 0 Å². The van der Waals surface area contributed by atoms with Gasteiger partial charge in [0.05, 0.1) is 16.6 Å². The Balaban J connectivity index is 1.40. The highest BCUT2D eigenvalue weighted by molar-refractivity contribution is 9.10. The van der Waals surface area contributed by atoms with E-state index in [1.165, 1.54) is 33.4 Å². The molecule has 1 saturated heterocycles. The van der Waals surface area contributed by atoms with Crippen molar-refractivity contribution >= 4 is 68.1 Å². The van der Waals surface area contributed by atoms with Crippen LogP contribution < -0.4 is 15.1 Å². The number of phenols is 1. The molecule has 3 amide bonds. The summed E-state index contributed by atoms with van der Waals surface area (Å²) in [5.74, 6) is -2.22. The zero-order valence-corrected chi connectivity index (χ0v) is 23.3. The first kappa shape index (κ1) is 25.6. The number of carbonyl (C=O) groups is 3. The van der Waals surface area contributed by atoms with Gasteiger partial charge in [-0.15, -0.1) is 0 Å². The third kappa shape index (κ3) is 4.60. The second-order valence-corrected chi connectivity index (χ2v) is 12.2. The number of nitrogens with zero attached hydrogens (tertiary/aromatic N) is 2. The number of anilines is 2. The highest BCUT2D eigenvalue weighted by Gasteiger charge is 2.56. The highest BCUT2D eigenvalue weighted by Crippen LogP contribution is 2.53. The molecule has 11 heteroatoms. The number of para-hydroxylation sites is 1. The predicted octanol–water partition coefficient (Wildman–Crippen LogP) is 4.81. The molecule has 2 aliphatic rings. The number of amides is 3. The Kier molecular flexibility index (Phi) is 6.66. The van der Waals surface area contributed by atoms with E-state index in [1.54, 1.807) is 36.4 Å². The summed E-state index contributed by atoms with van der Waals surface area (Å²) in [4.78, 5) is 55.2. The van der Waals surface area contributed by atoms with Gasteiger partial charge in [0.2, 0.25) is 17.7 Å². The standard InChI is InChI=1S/C28H20BrN3O5S2/c29-16-8-6-15(7-9-16)21-22-23(26(36)32(25(22)35)18-4-2-1-3-5-18)38-27-24(21)39-28(37)31(27)14-20(34)30-17-10-12-19(33)13-11-17/h1-13,21-23,33H,14H2,(H,30,34)/t21-,22?,23?/m1/s1. The predicted molar refractivity (Wildman–Crippen MR) is 153 cm³/mol. The fourth-order valence-electron chi connectivity index (χ4n) is 5.01. The molecule has 1 fully saturated rings. The maximum Gasteiger partial charge on any atom is 0.308 e. The molecule has 3 atom stereocenters. The normalized spacial score (nSPS) is 20.0. The van der Waals surface area contributed by atoms with Crippen molar-refractivity contribution in [3.8, 4) is 5.75 Å². The molecule has 8 nitrogen and oxygen atoms in total. The number of aromatic nitrogens is 1. The van der Waals surface area contributed by atoms with E-state index < -0.39 is 23.0 Å². The highest BCUT2D eigenvalue weighted by atomic mass is 79.9. The second-order valence-electron chi connectivity index (χ2n) is 9.16. The van der Waals surface area contributed by atoms with Gasteiger partial charge in [0.1, 0.15) is 17.5 Å². The van der Waals surface area contributed by atoms with E-state index in [2.05, 4.69) is 21.2 Å². The van der Waals surface area contributed by atoms with Crippen LogP contribution in [0.25, 0.3) is 0 Å². The Hall–Kier alpha value is -3.67. The number of phenolic OH excluding ortho intramolecular Hbond substituents is 1.